The van der Waals surface area contributed by atoms with Crippen LogP contribution in [0.1, 0.15) is 51.9 Å². The summed E-state index contributed by atoms with van der Waals surface area (Å²) in [4.78, 5) is 11.4. The second-order valence-electron chi connectivity index (χ2n) is 5.28. The summed E-state index contributed by atoms with van der Waals surface area (Å²) in [5.41, 5.74) is 0. The predicted molar refractivity (Wildman–Crippen MR) is 80.7 cm³/mol. The smallest absolute Gasteiger partial charge is 0.227 e. The Balaban J connectivity index is 1.90. The van der Waals surface area contributed by atoms with E-state index in [1.165, 1.54) is 44.9 Å². The lowest BCUT2D eigenvalue weighted by Crippen LogP contribution is -2.26. The van der Waals surface area contributed by atoms with Gasteiger partial charge in [0, 0.05) is 25.8 Å². The summed E-state index contributed by atoms with van der Waals surface area (Å²) < 4.78 is 0. The zero-order chi connectivity index (χ0) is 13.3. The van der Waals surface area contributed by atoms with Crippen molar-refractivity contribution in [2.45, 2.75) is 51.9 Å². The lowest BCUT2D eigenvalue weighted by atomic mass is 10.2. The lowest BCUT2D eigenvalue weighted by Gasteiger charge is -2.20. The van der Waals surface area contributed by atoms with Crippen LogP contribution in [-0.2, 0) is 0 Å². The van der Waals surface area contributed by atoms with Crippen molar-refractivity contribution >= 4 is 11.8 Å². The molecule has 1 aromatic rings. The molecule has 4 heteroatoms. The van der Waals surface area contributed by atoms with Gasteiger partial charge in [0.1, 0.15) is 5.82 Å². The predicted octanol–water partition coefficient (Wildman–Crippen LogP) is 3.46. The van der Waals surface area contributed by atoms with Gasteiger partial charge >= 0.3 is 0 Å². The fourth-order valence-electron chi connectivity index (χ4n) is 2.46. The molecule has 19 heavy (non-hydrogen) atoms. The maximum absolute atomic E-state index is 4.64. The minimum atomic E-state index is 0.891. The first-order valence-corrected chi connectivity index (χ1v) is 7.72. The summed E-state index contributed by atoms with van der Waals surface area (Å²) in [6.07, 6.45) is 10.8. The summed E-state index contributed by atoms with van der Waals surface area (Å²) >= 11 is 0. The maximum atomic E-state index is 4.64. The van der Waals surface area contributed by atoms with Crippen molar-refractivity contribution in [2.75, 3.05) is 29.9 Å². The van der Waals surface area contributed by atoms with Gasteiger partial charge in [-0.25, -0.2) is 4.98 Å². The molecule has 1 aliphatic rings. The third-order valence-electron chi connectivity index (χ3n) is 3.62. The fraction of sp³-hybridized carbons (Fsp3) is 0.733. The molecule has 4 nitrogen and oxygen atoms in total. The van der Waals surface area contributed by atoms with Crippen LogP contribution in [0.15, 0.2) is 12.3 Å². The van der Waals surface area contributed by atoms with Crippen molar-refractivity contribution in [3.05, 3.63) is 12.3 Å². The van der Waals surface area contributed by atoms with Crippen LogP contribution in [0.4, 0.5) is 11.8 Å². The third-order valence-corrected chi connectivity index (χ3v) is 3.62. The van der Waals surface area contributed by atoms with Crippen molar-refractivity contribution in [1.29, 1.82) is 0 Å². The average molecular weight is 262 g/mol. The van der Waals surface area contributed by atoms with Crippen molar-refractivity contribution < 1.29 is 0 Å². The summed E-state index contributed by atoms with van der Waals surface area (Å²) in [7, 11) is 0. The molecular formula is C15H26N4. The van der Waals surface area contributed by atoms with Gasteiger partial charge in [-0.3, -0.25) is 0 Å². The molecule has 0 atom stereocenters. The molecule has 1 aromatic heterocycles. The van der Waals surface area contributed by atoms with Gasteiger partial charge in [-0.2, -0.15) is 4.98 Å². The van der Waals surface area contributed by atoms with E-state index in [1.807, 2.05) is 12.3 Å². The molecule has 1 saturated heterocycles. The Bertz CT molecular complexity index is 359. The Kier molecular flexibility index (Phi) is 5.92. The van der Waals surface area contributed by atoms with E-state index in [-0.39, 0.29) is 0 Å². The van der Waals surface area contributed by atoms with E-state index in [9.17, 15) is 0 Å². The van der Waals surface area contributed by atoms with Gasteiger partial charge in [0.15, 0.2) is 0 Å². The summed E-state index contributed by atoms with van der Waals surface area (Å²) in [5, 5.41) is 3.40. The molecule has 106 valence electrons. The Morgan fingerprint density at radius 2 is 1.95 bits per heavy atom. The molecule has 2 rings (SSSR count). The summed E-state index contributed by atoms with van der Waals surface area (Å²) in [6, 6.07) is 1.97. The van der Waals surface area contributed by atoms with Gasteiger partial charge in [0.05, 0.1) is 0 Å². The van der Waals surface area contributed by atoms with Crippen LogP contribution in [0.2, 0.25) is 0 Å². The first-order chi connectivity index (χ1) is 9.40. The molecule has 0 bridgehead atoms. The molecule has 0 radical (unpaired) electrons. The summed E-state index contributed by atoms with van der Waals surface area (Å²) in [5.74, 6) is 1.85. The van der Waals surface area contributed by atoms with Crippen LogP contribution in [0.25, 0.3) is 0 Å². The van der Waals surface area contributed by atoms with E-state index in [2.05, 4.69) is 27.1 Å². The molecule has 0 amide bonds. The quantitative estimate of drug-likeness (QED) is 0.797. The Hall–Kier alpha value is -1.32. The van der Waals surface area contributed by atoms with Crippen LogP contribution in [0.5, 0.6) is 0 Å². The van der Waals surface area contributed by atoms with E-state index in [4.69, 9.17) is 0 Å². The maximum Gasteiger partial charge on any atom is 0.227 e. The van der Waals surface area contributed by atoms with Crippen molar-refractivity contribution in [3.8, 4) is 0 Å². The number of rotatable bonds is 6. The highest BCUT2D eigenvalue weighted by molar-refractivity contribution is 5.41. The molecule has 0 spiro atoms. The molecule has 0 saturated carbocycles. The number of hydrogen-bond donors (Lipinski definition) is 1. The number of unbranched alkanes of at least 4 members (excludes halogenated alkanes) is 2. The molecule has 1 aliphatic heterocycles. The van der Waals surface area contributed by atoms with Gasteiger partial charge in [0.2, 0.25) is 5.95 Å². The second kappa shape index (κ2) is 7.97. The lowest BCUT2D eigenvalue weighted by molar-refractivity contribution is 0.726. The molecular weight excluding hydrogens is 236 g/mol. The van der Waals surface area contributed by atoms with Gasteiger partial charge in [-0.15, -0.1) is 0 Å². The van der Waals surface area contributed by atoms with E-state index in [0.717, 1.165) is 31.4 Å². The first kappa shape index (κ1) is 14.1. The molecule has 0 aromatic carbocycles. The van der Waals surface area contributed by atoms with Gasteiger partial charge in [-0.05, 0) is 25.3 Å². The molecule has 0 unspecified atom stereocenters. The van der Waals surface area contributed by atoms with Crippen LogP contribution in [0.3, 0.4) is 0 Å². The third kappa shape index (κ3) is 4.69. The molecule has 1 fully saturated rings. The SMILES string of the molecule is CCCCCNc1ccnc(N2CCCCCC2)n1. The molecule has 1 N–H and O–H groups in total. The number of hydrogen-bond acceptors (Lipinski definition) is 4. The standard InChI is InChI=1S/C15H26N4/c1-2-3-6-10-16-14-9-11-17-15(18-14)19-12-7-4-5-8-13-19/h9,11H,2-8,10,12-13H2,1H3,(H,16,17,18). The fourth-order valence-corrected chi connectivity index (χ4v) is 2.46. The number of nitrogens with zero attached hydrogens (tertiary/aromatic N) is 3. The Morgan fingerprint density at radius 1 is 1.16 bits per heavy atom. The van der Waals surface area contributed by atoms with E-state index < -0.39 is 0 Å². The Labute approximate surface area is 116 Å². The number of aromatic nitrogens is 2. The highest BCUT2D eigenvalue weighted by Gasteiger charge is 2.12. The van der Waals surface area contributed by atoms with E-state index in [1.54, 1.807) is 0 Å². The molecule has 2 heterocycles. The average Bonchev–Trinajstić information content (AvgIpc) is 2.73. The number of anilines is 2. The van der Waals surface area contributed by atoms with Gasteiger partial charge < -0.3 is 10.2 Å². The second-order valence-corrected chi connectivity index (χ2v) is 5.28. The van der Waals surface area contributed by atoms with E-state index in [0.29, 0.717) is 0 Å². The summed E-state index contributed by atoms with van der Waals surface area (Å²) in [6.45, 7) is 5.42. The topological polar surface area (TPSA) is 41.1 Å². The largest absolute Gasteiger partial charge is 0.370 e. The minimum Gasteiger partial charge on any atom is -0.370 e. The highest BCUT2D eigenvalue weighted by atomic mass is 15.3. The number of nitrogens with one attached hydrogen (secondary N) is 1. The van der Waals surface area contributed by atoms with Crippen LogP contribution >= 0.6 is 0 Å². The highest BCUT2D eigenvalue weighted by Crippen LogP contribution is 2.16. The zero-order valence-electron chi connectivity index (χ0n) is 12.1. The molecule has 0 aliphatic carbocycles. The van der Waals surface area contributed by atoms with Gasteiger partial charge in [-0.1, -0.05) is 32.6 Å². The first-order valence-electron chi connectivity index (χ1n) is 7.72. The van der Waals surface area contributed by atoms with Crippen molar-refractivity contribution in [2.24, 2.45) is 0 Å². The van der Waals surface area contributed by atoms with Crippen molar-refractivity contribution in [3.63, 3.8) is 0 Å². The van der Waals surface area contributed by atoms with Gasteiger partial charge in [0.25, 0.3) is 0 Å². The normalized spacial score (nSPS) is 16.2. The zero-order valence-corrected chi connectivity index (χ0v) is 12.1. The van der Waals surface area contributed by atoms with Crippen LogP contribution in [0, 0.1) is 0 Å². The monoisotopic (exact) mass is 262 g/mol. The van der Waals surface area contributed by atoms with Crippen molar-refractivity contribution in [1.82, 2.24) is 9.97 Å². The minimum absolute atomic E-state index is 0.891. The van der Waals surface area contributed by atoms with Crippen LogP contribution < -0.4 is 10.2 Å². The Morgan fingerprint density at radius 3 is 2.68 bits per heavy atom. The van der Waals surface area contributed by atoms with E-state index >= 15 is 0 Å². The van der Waals surface area contributed by atoms with Crippen LogP contribution in [-0.4, -0.2) is 29.6 Å².